The molecule has 2 aromatic heterocycles. The first-order valence-corrected chi connectivity index (χ1v) is 6.00. The Morgan fingerprint density at radius 1 is 1.53 bits per heavy atom. The summed E-state index contributed by atoms with van der Waals surface area (Å²) in [6, 6.07) is 1.64. The normalized spacial score (nSPS) is 10.6. The van der Waals surface area contributed by atoms with Gasteiger partial charge in [0.1, 0.15) is 11.5 Å². The van der Waals surface area contributed by atoms with Crippen molar-refractivity contribution in [3.05, 3.63) is 18.5 Å². The van der Waals surface area contributed by atoms with E-state index in [0.29, 0.717) is 42.1 Å². The average molecular weight is 260 g/mol. The van der Waals surface area contributed by atoms with Crippen LogP contribution in [0.1, 0.15) is 26.2 Å². The van der Waals surface area contributed by atoms with Crippen molar-refractivity contribution in [3.8, 4) is 0 Å². The summed E-state index contributed by atoms with van der Waals surface area (Å²) in [6.07, 6.45) is 4.90. The van der Waals surface area contributed by atoms with Gasteiger partial charge in [-0.2, -0.15) is 5.10 Å². The van der Waals surface area contributed by atoms with Gasteiger partial charge in [0.25, 0.3) is 0 Å². The number of carbonyl (C=O) groups is 1. The molecule has 0 unspecified atom stereocenters. The summed E-state index contributed by atoms with van der Waals surface area (Å²) in [5.41, 5.74) is 7.26. The Balaban J connectivity index is 2.02. The lowest BCUT2D eigenvalue weighted by molar-refractivity contribution is -0.116. The van der Waals surface area contributed by atoms with Gasteiger partial charge in [-0.15, -0.1) is 0 Å². The van der Waals surface area contributed by atoms with Gasteiger partial charge in [-0.05, 0) is 25.8 Å². The van der Waals surface area contributed by atoms with Crippen molar-refractivity contribution in [2.45, 2.75) is 26.2 Å². The third-order valence-electron chi connectivity index (χ3n) is 2.62. The van der Waals surface area contributed by atoms with Crippen LogP contribution in [0.2, 0.25) is 0 Å². The molecular weight excluding hydrogens is 244 g/mol. The molecule has 0 saturated heterocycles. The van der Waals surface area contributed by atoms with Crippen LogP contribution in [0.4, 0.5) is 11.5 Å². The zero-order valence-electron chi connectivity index (χ0n) is 10.7. The molecule has 0 bridgehead atoms. The lowest BCUT2D eigenvalue weighted by atomic mass is 10.2. The predicted molar refractivity (Wildman–Crippen MR) is 73.3 cm³/mol. The molecule has 2 rings (SSSR count). The van der Waals surface area contributed by atoms with E-state index < -0.39 is 0 Å². The largest absolute Gasteiger partial charge is 0.384 e. The number of nitrogens with one attached hydrogen (secondary N) is 2. The fraction of sp³-hybridized carbons (Fsp3) is 0.333. The minimum absolute atomic E-state index is 0.111. The molecule has 0 spiro atoms. The van der Waals surface area contributed by atoms with E-state index in [-0.39, 0.29) is 5.91 Å². The molecule has 0 aliphatic carbocycles. The van der Waals surface area contributed by atoms with Crippen molar-refractivity contribution in [1.29, 1.82) is 5.41 Å². The molecule has 100 valence electrons. The summed E-state index contributed by atoms with van der Waals surface area (Å²) in [5.74, 6) is 0.267. The van der Waals surface area contributed by atoms with Crippen LogP contribution in [0, 0.1) is 5.41 Å². The molecule has 1 amide bonds. The van der Waals surface area contributed by atoms with Crippen LogP contribution in [0.25, 0.3) is 5.65 Å². The molecule has 2 heterocycles. The van der Waals surface area contributed by atoms with Crippen LogP contribution in [-0.2, 0) is 4.79 Å². The SMILES string of the molecule is CC(=N)CCCC(=O)Nc1cnn2ccc(N)nc12. The van der Waals surface area contributed by atoms with Crippen LogP contribution in [-0.4, -0.2) is 26.2 Å². The van der Waals surface area contributed by atoms with E-state index in [1.165, 1.54) is 0 Å². The third-order valence-corrected chi connectivity index (χ3v) is 2.62. The molecule has 19 heavy (non-hydrogen) atoms. The number of anilines is 2. The van der Waals surface area contributed by atoms with Gasteiger partial charge in [0.2, 0.25) is 5.91 Å². The van der Waals surface area contributed by atoms with Crippen molar-refractivity contribution < 1.29 is 4.79 Å². The number of fused-ring (bicyclic) bond motifs is 1. The first-order valence-electron chi connectivity index (χ1n) is 6.00. The lowest BCUT2D eigenvalue weighted by Gasteiger charge is -2.03. The molecule has 0 atom stereocenters. The fourth-order valence-electron chi connectivity index (χ4n) is 1.70. The highest BCUT2D eigenvalue weighted by molar-refractivity contribution is 5.94. The van der Waals surface area contributed by atoms with Gasteiger partial charge in [0, 0.05) is 18.3 Å². The smallest absolute Gasteiger partial charge is 0.224 e. The Hall–Kier alpha value is -2.44. The van der Waals surface area contributed by atoms with E-state index >= 15 is 0 Å². The standard InChI is InChI=1S/C12H16N6O/c1-8(13)3-2-4-11(19)16-9-7-15-18-6-5-10(14)17-12(9)18/h5-7,13H,2-4H2,1H3,(H2,14,17)(H,16,19). The number of aromatic nitrogens is 3. The lowest BCUT2D eigenvalue weighted by Crippen LogP contribution is -2.11. The Bertz CT molecular complexity index is 618. The minimum atomic E-state index is -0.111. The van der Waals surface area contributed by atoms with E-state index in [1.54, 1.807) is 29.9 Å². The second-order valence-corrected chi connectivity index (χ2v) is 4.36. The summed E-state index contributed by atoms with van der Waals surface area (Å²) >= 11 is 0. The van der Waals surface area contributed by atoms with Gasteiger partial charge >= 0.3 is 0 Å². The van der Waals surface area contributed by atoms with Crippen molar-refractivity contribution >= 4 is 28.8 Å². The summed E-state index contributed by atoms with van der Waals surface area (Å²) in [7, 11) is 0. The zero-order valence-corrected chi connectivity index (χ0v) is 10.7. The number of amides is 1. The fourth-order valence-corrected chi connectivity index (χ4v) is 1.70. The van der Waals surface area contributed by atoms with Gasteiger partial charge in [-0.1, -0.05) is 0 Å². The highest BCUT2D eigenvalue weighted by Gasteiger charge is 2.09. The minimum Gasteiger partial charge on any atom is -0.384 e. The monoisotopic (exact) mass is 260 g/mol. The number of hydrogen-bond acceptors (Lipinski definition) is 5. The van der Waals surface area contributed by atoms with E-state index in [4.69, 9.17) is 11.1 Å². The van der Waals surface area contributed by atoms with Crippen LogP contribution in [0.5, 0.6) is 0 Å². The summed E-state index contributed by atoms with van der Waals surface area (Å²) in [5, 5.41) is 14.1. The van der Waals surface area contributed by atoms with Gasteiger partial charge < -0.3 is 16.5 Å². The Labute approximate surface area is 110 Å². The molecule has 2 aromatic rings. The Morgan fingerprint density at radius 3 is 3.05 bits per heavy atom. The van der Waals surface area contributed by atoms with E-state index in [1.807, 2.05) is 0 Å². The molecule has 0 aliphatic rings. The molecule has 0 radical (unpaired) electrons. The van der Waals surface area contributed by atoms with E-state index in [2.05, 4.69) is 15.4 Å². The van der Waals surface area contributed by atoms with Crippen LogP contribution >= 0.6 is 0 Å². The second kappa shape index (κ2) is 5.47. The highest BCUT2D eigenvalue weighted by Crippen LogP contribution is 2.15. The molecular formula is C12H16N6O. The average Bonchev–Trinajstić information content (AvgIpc) is 2.71. The van der Waals surface area contributed by atoms with Gasteiger partial charge in [-0.3, -0.25) is 4.79 Å². The quantitative estimate of drug-likeness (QED) is 0.707. The van der Waals surface area contributed by atoms with Crippen LogP contribution in [0.15, 0.2) is 18.5 Å². The van der Waals surface area contributed by atoms with Gasteiger partial charge in [0.15, 0.2) is 5.65 Å². The number of nitrogens with zero attached hydrogens (tertiary/aromatic N) is 3. The van der Waals surface area contributed by atoms with Crippen LogP contribution in [0.3, 0.4) is 0 Å². The Kier molecular flexibility index (Phi) is 3.74. The van der Waals surface area contributed by atoms with Crippen molar-refractivity contribution in [3.63, 3.8) is 0 Å². The molecule has 0 fully saturated rings. The predicted octanol–water partition coefficient (Wildman–Crippen LogP) is 1.46. The molecule has 0 aliphatic heterocycles. The molecule has 4 N–H and O–H groups in total. The topological polar surface area (TPSA) is 109 Å². The number of rotatable bonds is 5. The van der Waals surface area contributed by atoms with Crippen molar-refractivity contribution in [2.24, 2.45) is 0 Å². The highest BCUT2D eigenvalue weighted by atomic mass is 16.1. The van der Waals surface area contributed by atoms with E-state index in [9.17, 15) is 4.79 Å². The number of hydrogen-bond donors (Lipinski definition) is 3. The maximum atomic E-state index is 11.7. The summed E-state index contributed by atoms with van der Waals surface area (Å²) in [4.78, 5) is 15.9. The maximum Gasteiger partial charge on any atom is 0.224 e. The van der Waals surface area contributed by atoms with Crippen LogP contribution < -0.4 is 11.1 Å². The molecule has 7 heteroatoms. The number of nitrogen functional groups attached to an aromatic ring is 1. The third kappa shape index (κ3) is 3.27. The molecule has 0 saturated carbocycles. The molecule has 0 aromatic carbocycles. The first-order chi connectivity index (χ1) is 9.06. The first kappa shape index (κ1) is 13.0. The Morgan fingerprint density at radius 2 is 2.32 bits per heavy atom. The van der Waals surface area contributed by atoms with Crippen molar-refractivity contribution in [1.82, 2.24) is 14.6 Å². The zero-order chi connectivity index (χ0) is 13.8. The molecule has 7 nitrogen and oxygen atoms in total. The van der Waals surface area contributed by atoms with E-state index in [0.717, 1.165) is 0 Å². The maximum absolute atomic E-state index is 11.7. The van der Waals surface area contributed by atoms with Crippen molar-refractivity contribution in [2.75, 3.05) is 11.1 Å². The number of nitrogens with two attached hydrogens (primary N) is 1. The van der Waals surface area contributed by atoms with Gasteiger partial charge in [0.05, 0.1) is 6.20 Å². The van der Waals surface area contributed by atoms with Gasteiger partial charge in [-0.25, -0.2) is 9.50 Å². The summed E-state index contributed by atoms with van der Waals surface area (Å²) < 4.78 is 1.55. The second-order valence-electron chi connectivity index (χ2n) is 4.36. The number of carbonyl (C=O) groups excluding carboxylic acids is 1. The summed E-state index contributed by atoms with van der Waals surface area (Å²) in [6.45, 7) is 1.73.